The van der Waals surface area contributed by atoms with Gasteiger partial charge in [-0.2, -0.15) is 15.6 Å². The number of thiophene rings is 1. The highest BCUT2D eigenvalue weighted by molar-refractivity contribution is 7.89. The molecule has 3 heterocycles. The largest absolute Gasteiger partial charge is 0.339 e. The van der Waals surface area contributed by atoms with E-state index in [0.717, 1.165) is 0 Å². The van der Waals surface area contributed by atoms with E-state index in [9.17, 15) is 17.6 Å². The molecule has 4 rings (SSSR count). The molecule has 2 aromatic rings. The van der Waals surface area contributed by atoms with E-state index in [2.05, 4.69) is 11.4 Å². The van der Waals surface area contributed by atoms with E-state index in [-0.39, 0.29) is 28.7 Å². The Morgan fingerprint density at radius 1 is 1.19 bits per heavy atom. The van der Waals surface area contributed by atoms with Gasteiger partial charge in [-0.05, 0) is 53.1 Å². The van der Waals surface area contributed by atoms with Crippen LogP contribution in [-0.2, 0) is 14.8 Å². The fourth-order valence-corrected chi connectivity index (χ4v) is 6.60. The molecule has 0 spiro atoms. The summed E-state index contributed by atoms with van der Waals surface area (Å²) in [5.41, 5.74) is 1.17. The van der Waals surface area contributed by atoms with Crippen molar-refractivity contribution in [3.63, 3.8) is 0 Å². The number of carbonyl (C=O) groups is 1. The van der Waals surface area contributed by atoms with Gasteiger partial charge < -0.3 is 4.90 Å². The molecule has 27 heavy (non-hydrogen) atoms. The summed E-state index contributed by atoms with van der Waals surface area (Å²) in [5, 5.41) is 4.09. The van der Waals surface area contributed by atoms with Crippen LogP contribution in [0, 0.1) is 11.7 Å². The van der Waals surface area contributed by atoms with Gasteiger partial charge in [-0.15, -0.1) is 0 Å². The van der Waals surface area contributed by atoms with Crippen molar-refractivity contribution in [2.75, 3.05) is 19.6 Å². The minimum atomic E-state index is -3.68. The van der Waals surface area contributed by atoms with Gasteiger partial charge in [0, 0.05) is 44.4 Å². The van der Waals surface area contributed by atoms with Crippen molar-refractivity contribution in [2.24, 2.45) is 5.92 Å². The Labute approximate surface area is 162 Å². The Balaban J connectivity index is 1.63. The van der Waals surface area contributed by atoms with Crippen molar-refractivity contribution in [2.45, 2.75) is 30.2 Å². The van der Waals surface area contributed by atoms with E-state index in [4.69, 9.17) is 0 Å². The maximum absolute atomic E-state index is 13.2. The second kappa shape index (κ2) is 7.00. The van der Waals surface area contributed by atoms with E-state index in [1.54, 1.807) is 18.3 Å². The normalized spacial score (nSPS) is 26.1. The number of likely N-dealkylation sites (tertiary alicyclic amines) is 1. The van der Waals surface area contributed by atoms with Crippen LogP contribution < -0.4 is 0 Å². The Hall–Kier alpha value is -1.77. The monoisotopic (exact) mass is 408 g/mol. The number of fused-ring (bicyclic) bond motifs is 1. The molecule has 0 unspecified atom stereocenters. The third kappa shape index (κ3) is 3.30. The average molecular weight is 409 g/mol. The molecule has 8 heteroatoms. The maximum Gasteiger partial charge on any atom is 0.243 e. The predicted octanol–water partition coefficient (Wildman–Crippen LogP) is 2.91. The highest BCUT2D eigenvalue weighted by atomic mass is 32.2. The number of hydrogen-bond donors (Lipinski definition) is 0. The van der Waals surface area contributed by atoms with E-state index in [1.807, 2.05) is 10.3 Å². The summed E-state index contributed by atoms with van der Waals surface area (Å²) in [7, 11) is -3.68. The summed E-state index contributed by atoms with van der Waals surface area (Å²) in [6.45, 7) is 2.94. The van der Waals surface area contributed by atoms with Crippen LogP contribution >= 0.6 is 11.3 Å². The minimum Gasteiger partial charge on any atom is -0.339 e. The van der Waals surface area contributed by atoms with E-state index >= 15 is 0 Å². The Morgan fingerprint density at radius 2 is 1.93 bits per heavy atom. The smallest absolute Gasteiger partial charge is 0.243 e. The van der Waals surface area contributed by atoms with Crippen LogP contribution in [-0.4, -0.2) is 49.2 Å². The quantitative estimate of drug-likeness (QED) is 0.785. The SMILES string of the molecule is CC(=O)N1C[C@@H](c2ccsc2)[C@@H]2CN(S(=O)(=O)c3ccc(F)cc3)CC[C@@H]21. The van der Waals surface area contributed by atoms with Crippen molar-refractivity contribution in [3.05, 3.63) is 52.5 Å². The lowest BCUT2D eigenvalue weighted by atomic mass is 9.83. The van der Waals surface area contributed by atoms with Crippen molar-refractivity contribution in [1.29, 1.82) is 0 Å². The number of halogens is 1. The summed E-state index contributed by atoms with van der Waals surface area (Å²) in [6.07, 6.45) is 0.616. The Kier molecular flexibility index (Phi) is 4.82. The molecule has 2 saturated heterocycles. The molecule has 0 N–H and O–H groups in total. The summed E-state index contributed by atoms with van der Waals surface area (Å²) in [5.74, 6) is -0.223. The van der Waals surface area contributed by atoms with Crippen molar-refractivity contribution in [1.82, 2.24) is 9.21 Å². The first-order valence-corrected chi connectivity index (χ1v) is 11.3. The molecule has 0 saturated carbocycles. The van der Waals surface area contributed by atoms with Crippen molar-refractivity contribution < 1.29 is 17.6 Å². The van der Waals surface area contributed by atoms with E-state index in [1.165, 1.54) is 34.1 Å². The number of carbonyl (C=O) groups excluding carboxylic acids is 1. The first-order valence-electron chi connectivity index (χ1n) is 8.93. The highest BCUT2D eigenvalue weighted by Crippen LogP contribution is 2.43. The summed E-state index contributed by atoms with van der Waals surface area (Å²) in [6, 6.07) is 7.07. The average Bonchev–Trinajstić information content (AvgIpc) is 3.29. The van der Waals surface area contributed by atoms with Crippen LogP contribution in [0.5, 0.6) is 0 Å². The minimum absolute atomic E-state index is 0.0394. The molecule has 1 aromatic carbocycles. The van der Waals surface area contributed by atoms with Crippen LogP contribution in [0.25, 0.3) is 0 Å². The molecule has 0 bridgehead atoms. The van der Waals surface area contributed by atoms with Crippen molar-refractivity contribution in [3.8, 4) is 0 Å². The van der Waals surface area contributed by atoms with Gasteiger partial charge in [0.2, 0.25) is 15.9 Å². The van der Waals surface area contributed by atoms with Gasteiger partial charge in [0.1, 0.15) is 5.82 Å². The Morgan fingerprint density at radius 3 is 2.56 bits per heavy atom. The zero-order valence-corrected chi connectivity index (χ0v) is 16.5. The van der Waals surface area contributed by atoms with E-state index < -0.39 is 15.8 Å². The fourth-order valence-electron chi connectivity index (χ4n) is 4.38. The molecular weight excluding hydrogens is 387 g/mol. The number of hydrogen-bond acceptors (Lipinski definition) is 4. The molecule has 2 aliphatic heterocycles. The number of nitrogens with zero attached hydrogens (tertiary/aromatic N) is 2. The standard InChI is InChI=1S/C19H21FN2O3S2/c1-13(23)22-11-17(14-7-9-26-12-14)18-10-21(8-6-19(18)22)27(24,25)16-4-2-15(20)3-5-16/h2-5,7,9,12,17-19H,6,8,10-11H2,1H3/t17-,18-,19-/m0/s1. The topological polar surface area (TPSA) is 57.7 Å². The zero-order chi connectivity index (χ0) is 19.2. The van der Waals surface area contributed by atoms with Crippen molar-refractivity contribution >= 4 is 27.3 Å². The molecule has 2 aliphatic rings. The summed E-state index contributed by atoms with van der Waals surface area (Å²) in [4.78, 5) is 14.1. The lowest BCUT2D eigenvalue weighted by Gasteiger charge is -2.38. The number of piperidine rings is 1. The highest BCUT2D eigenvalue weighted by Gasteiger charge is 2.48. The fraction of sp³-hybridized carbons (Fsp3) is 0.421. The molecule has 0 aliphatic carbocycles. The molecule has 1 aromatic heterocycles. The summed E-state index contributed by atoms with van der Waals surface area (Å²) < 4.78 is 40.7. The van der Waals surface area contributed by atoms with Gasteiger partial charge in [-0.25, -0.2) is 12.8 Å². The zero-order valence-electron chi connectivity index (χ0n) is 14.9. The number of rotatable bonds is 3. The summed E-state index contributed by atoms with van der Waals surface area (Å²) >= 11 is 1.61. The second-order valence-corrected chi connectivity index (χ2v) is 9.89. The molecule has 5 nitrogen and oxygen atoms in total. The van der Waals surface area contributed by atoms with Gasteiger partial charge in [-0.3, -0.25) is 4.79 Å². The van der Waals surface area contributed by atoms with Crippen LogP contribution in [0.3, 0.4) is 0 Å². The van der Waals surface area contributed by atoms with Gasteiger partial charge in [-0.1, -0.05) is 0 Å². The molecule has 3 atom stereocenters. The first kappa shape index (κ1) is 18.6. The van der Waals surface area contributed by atoms with Crippen LogP contribution in [0.2, 0.25) is 0 Å². The predicted molar refractivity (Wildman–Crippen MR) is 102 cm³/mol. The maximum atomic E-state index is 13.2. The third-order valence-corrected chi connectivity index (χ3v) is 8.30. The number of amides is 1. The number of benzene rings is 1. The lowest BCUT2D eigenvalue weighted by Crippen LogP contribution is -2.49. The van der Waals surface area contributed by atoms with Gasteiger partial charge in [0.25, 0.3) is 0 Å². The second-order valence-electron chi connectivity index (χ2n) is 7.17. The molecule has 1 amide bonds. The van der Waals surface area contributed by atoms with Crippen LogP contribution in [0.4, 0.5) is 4.39 Å². The molecule has 2 fully saturated rings. The molecule has 0 radical (unpaired) electrons. The Bertz CT molecular complexity index is 928. The molecule has 144 valence electrons. The van der Waals surface area contributed by atoms with Gasteiger partial charge >= 0.3 is 0 Å². The van der Waals surface area contributed by atoms with Crippen LogP contribution in [0.1, 0.15) is 24.8 Å². The lowest BCUT2D eigenvalue weighted by molar-refractivity contribution is -0.130. The third-order valence-electron chi connectivity index (χ3n) is 5.72. The molecular formula is C19H21FN2O3S2. The van der Waals surface area contributed by atoms with Crippen LogP contribution in [0.15, 0.2) is 46.0 Å². The number of sulfonamides is 1. The van der Waals surface area contributed by atoms with Gasteiger partial charge in [0.15, 0.2) is 0 Å². The first-order chi connectivity index (χ1) is 12.9. The van der Waals surface area contributed by atoms with Gasteiger partial charge in [0.05, 0.1) is 4.90 Å². The van der Waals surface area contributed by atoms with E-state index in [0.29, 0.717) is 26.1 Å².